The summed E-state index contributed by atoms with van der Waals surface area (Å²) in [6.45, 7) is 1.52. The molecule has 2 fully saturated rings. The molecule has 0 spiro atoms. The predicted molar refractivity (Wildman–Crippen MR) is 183 cm³/mol. The van der Waals surface area contributed by atoms with Crippen molar-refractivity contribution in [3.05, 3.63) is 75.8 Å². The van der Waals surface area contributed by atoms with Gasteiger partial charge < -0.3 is 19.2 Å². The van der Waals surface area contributed by atoms with Gasteiger partial charge in [-0.25, -0.2) is 15.0 Å². The predicted octanol–water partition coefficient (Wildman–Crippen LogP) is 7.36. The zero-order chi connectivity index (χ0) is 32.2. The van der Waals surface area contributed by atoms with Gasteiger partial charge in [0.05, 0.1) is 33.8 Å². The lowest BCUT2D eigenvalue weighted by atomic mass is 9.75. The van der Waals surface area contributed by atoms with Crippen molar-refractivity contribution in [3.8, 4) is 17.3 Å². The molecule has 236 valence electrons. The van der Waals surface area contributed by atoms with E-state index in [-0.39, 0.29) is 11.7 Å². The number of nitrogens with zero attached hydrogens (tertiary/aromatic N) is 5. The van der Waals surface area contributed by atoms with Gasteiger partial charge in [-0.3, -0.25) is 9.59 Å². The van der Waals surface area contributed by atoms with Gasteiger partial charge in [0, 0.05) is 54.6 Å². The number of ketones is 1. The smallest absolute Gasteiger partial charge is 0.252 e. The van der Waals surface area contributed by atoms with Crippen LogP contribution in [0.1, 0.15) is 85.1 Å². The Balaban J connectivity index is 1.26. The van der Waals surface area contributed by atoms with Crippen molar-refractivity contribution in [1.29, 1.82) is 0 Å². The number of amides is 1. The summed E-state index contributed by atoms with van der Waals surface area (Å²) in [6.07, 6.45) is 14.2. The van der Waals surface area contributed by atoms with Crippen molar-refractivity contribution in [2.75, 3.05) is 7.11 Å². The molecule has 10 heteroatoms. The molecular formula is C36H37BrN6O3. The summed E-state index contributed by atoms with van der Waals surface area (Å²) in [6, 6.07) is 9.93. The minimum atomic E-state index is -0.581. The first kappa shape index (κ1) is 30.3. The molecule has 0 saturated heterocycles. The van der Waals surface area contributed by atoms with Gasteiger partial charge in [-0.1, -0.05) is 18.9 Å². The van der Waals surface area contributed by atoms with E-state index in [1.807, 2.05) is 38.4 Å². The summed E-state index contributed by atoms with van der Waals surface area (Å²) >= 11 is 3.47. The number of halogens is 1. The van der Waals surface area contributed by atoms with Crippen LogP contribution in [0.3, 0.4) is 0 Å². The van der Waals surface area contributed by atoms with Gasteiger partial charge in [0.2, 0.25) is 0 Å². The number of methoxy groups -OCH3 is 1. The second kappa shape index (κ2) is 11.8. The molecule has 3 aromatic heterocycles. The summed E-state index contributed by atoms with van der Waals surface area (Å²) < 4.78 is 10.7. The Hall–Kier alpha value is -4.31. The van der Waals surface area contributed by atoms with E-state index < -0.39 is 5.54 Å². The molecule has 9 nitrogen and oxygen atoms in total. The Labute approximate surface area is 276 Å². The topological polar surface area (TPSA) is 104 Å². The molecule has 0 bridgehead atoms. The summed E-state index contributed by atoms with van der Waals surface area (Å²) in [5.41, 5.74) is 5.82. The van der Waals surface area contributed by atoms with Gasteiger partial charge in [-0.05, 0) is 96.8 Å². The van der Waals surface area contributed by atoms with Gasteiger partial charge in [-0.15, -0.1) is 0 Å². The monoisotopic (exact) mass is 680 g/mol. The molecule has 2 aromatic carbocycles. The first-order valence-electron chi connectivity index (χ1n) is 15.9. The number of nitrogens with one attached hydrogen (secondary N) is 1. The number of rotatable bonds is 8. The standard InChI is InChI=1S/C36H37BrN6O3/c1-21(44)10-11-23-16-29-27(18-30(23)46-4)40-35(43(29)3)36(14-7-15-36)41-34(45)24-12-13-26-28(17-24)42(2)32(31(26)22-8-5-6-9-22)33-38-19-25(37)20-39-33/h10-13,16-20,22H,5-9,14-15H2,1-4H3,(H,41,45)/b11-10+. The van der Waals surface area contributed by atoms with Crippen molar-refractivity contribution in [3.63, 3.8) is 0 Å². The van der Waals surface area contributed by atoms with E-state index in [0.717, 1.165) is 75.6 Å². The second-order valence-electron chi connectivity index (χ2n) is 12.7. The van der Waals surface area contributed by atoms with E-state index >= 15 is 0 Å². The second-order valence-corrected chi connectivity index (χ2v) is 13.6. The highest BCUT2D eigenvalue weighted by molar-refractivity contribution is 9.10. The van der Waals surface area contributed by atoms with E-state index in [2.05, 4.69) is 46.4 Å². The van der Waals surface area contributed by atoms with E-state index in [9.17, 15) is 9.59 Å². The fourth-order valence-electron chi connectivity index (χ4n) is 7.34. The zero-order valence-electron chi connectivity index (χ0n) is 26.6. The quantitative estimate of drug-likeness (QED) is 0.172. The first-order chi connectivity index (χ1) is 22.2. The number of fused-ring (bicyclic) bond motifs is 2. The largest absolute Gasteiger partial charge is 0.496 e. The molecule has 2 saturated carbocycles. The highest BCUT2D eigenvalue weighted by Crippen LogP contribution is 2.45. The zero-order valence-corrected chi connectivity index (χ0v) is 28.1. The van der Waals surface area contributed by atoms with Crippen molar-refractivity contribution < 1.29 is 14.3 Å². The van der Waals surface area contributed by atoms with Crippen LogP contribution in [0.25, 0.3) is 39.5 Å². The maximum absolute atomic E-state index is 14.0. The van der Waals surface area contributed by atoms with Crippen molar-refractivity contribution in [2.24, 2.45) is 14.1 Å². The van der Waals surface area contributed by atoms with Crippen LogP contribution < -0.4 is 10.1 Å². The average molecular weight is 682 g/mol. The minimum Gasteiger partial charge on any atom is -0.496 e. The lowest BCUT2D eigenvalue weighted by Gasteiger charge is -2.41. The summed E-state index contributed by atoms with van der Waals surface area (Å²) in [5, 5.41) is 4.55. The van der Waals surface area contributed by atoms with Crippen molar-refractivity contribution in [1.82, 2.24) is 29.4 Å². The number of benzene rings is 2. The van der Waals surface area contributed by atoms with Crippen LogP contribution in [0.4, 0.5) is 0 Å². The third-order valence-electron chi connectivity index (χ3n) is 9.82. The Morgan fingerprint density at radius 1 is 1.02 bits per heavy atom. The highest BCUT2D eigenvalue weighted by Gasteiger charge is 2.44. The lowest BCUT2D eigenvalue weighted by Crippen LogP contribution is -2.52. The number of aryl methyl sites for hydroxylation is 2. The third-order valence-corrected chi connectivity index (χ3v) is 10.2. The maximum Gasteiger partial charge on any atom is 0.252 e. The molecule has 0 atom stereocenters. The van der Waals surface area contributed by atoms with Crippen molar-refractivity contribution >= 4 is 55.6 Å². The van der Waals surface area contributed by atoms with Crippen LogP contribution in [0.15, 0.2) is 53.3 Å². The van der Waals surface area contributed by atoms with E-state index in [1.165, 1.54) is 31.4 Å². The molecule has 3 heterocycles. The maximum atomic E-state index is 14.0. The Morgan fingerprint density at radius 3 is 2.41 bits per heavy atom. The van der Waals surface area contributed by atoms with Crippen LogP contribution in [0.2, 0.25) is 0 Å². The molecule has 0 aliphatic heterocycles. The molecule has 7 rings (SSSR count). The van der Waals surface area contributed by atoms with Crippen LogP contribution in [-0.2, 0) is 24.4 Å². The van der Waals surface area contributed by atoms with Crippen LogP contribution in [-0.4, -0.2) is 42.9 Å². The molecule has 1 amide bonds. The van der Waals surface area contributed by atoms with E-state index in [0.29, 0.717) is 23.1 Å². The number of ether oxygens (including phenoxy) is 1. The molecule has 1 N–H and O–H groups in total. The Morgan fingerprint density at radius 2 is 1.76 bits per heavy atom. The fraction of sp³-hybridized carbons (Fsp3) is 0.361. The molecule has 5 aromatic rings. The van der Waals surface area contributed by atoms with Gasteiger partial charge in [0.15, 0.2) is 11.6 Å². The van der Waals surface area contributed by atoms with Gasteiger partial charge in [-0.2, -0.15) is 0 Å². The summed E-state index contributed by atoms with van der Waals surface area (Å²) in [7, 11) is 5.64. The number of aromatic nitrogens is 5. The van der Waals surface area contributed by atoms with Crippen molar-refractivity contribution in [2.45, 2.75) is 63.3 Å². The van der Waals surface area contributed by atoms with Gasteiger partial charge in [0.1, 0.15) is 11.6 Å². The third kappa shape index (κ3) is 5.12. The van der Waals surface area contributed by atoms with Gasteiger partial charge >= 0.3 is 0 Å². The summed E-state index contributed by atoms with van der Waals surface area (Å²) in [4.78, 5) is 40.0. The van der Waals surface area contributed by atoms with E-state index in [1.54, 1.807) is 25.6 Å². The Bertz CT molecular complexity index is 2030. The Kier molecular flexibility index (Phi) is 7.79. The van der Waals surface area contributed by atoms with Crippen LogP contribution in [0.5, 0.6) is 5.75 Å². The number of allylic oxidation sites excluding steroid dienone is 1. The molecule has 2 aliphatic rings. The molecule has 0 unspecified atom stereocenters. The molecular weight excluding hydrogens is 644 g/mol. The summed E-state index contributed by atoms with van der Waals surface area (Å²) in [5.74, 6) is 2.43. The molecule has 2 aliphatic carbocycles. The molecule has 46 heavy (non-hydrogen) atoms. The SMILES string of the molecule is COc1cc2nc(C3(NC(=O)c4ccc5c(C6CCCC6)c(-c6ncc(Br)cn6)n(C)c5c4)CCC3)n(C)c2cc1/C=C/C(C)=O. The lowest BCUT2D eigenvalue weighted by molar-refractivity contribution is -0.112. The number of imidazole rings is 1. The van der Waals surface area contributed by atoms with E-state index in [4.69, 9.17) is 9.72 Å². The highest BCUT2D eigenvalue weighted by atomic mass is 79.9. The van der Waals surface area contributed by atoms with Gasteiger partial charge in [0.25, 0.3) is 5.91 Å². The van der Waals surface area contributed by atoms with Crippen LogP contribution >= 0.6 is 15.9 Å². The number of hydrogen-bond donors (Lipinski definition) is 1. The minimum absolute atomic E-state index is 0.0369. The number of carbonyl (C=O) groups excluding carboxylic acids is 2. The number of carbonyl (C=O) groups is 2. The first-order valence-corrected chi connectivity index (χ1v) is 16.6. The fourth-order valence-corrected chi connectivity index (χ4v) is 7.55. The molecule has 0 radical (unpaired) electrons. The average Bonchev–Trinajstić information content (AvgIpc) is 3.74. The normalized spacial score (nSPS) is 16.4. The number of hydrogen-bond acceptors (Lipinski definition) is 6. The van der Waals surface area contributed by atoms with Crippen LogP contribution in [0, 0.1) is 0 Å².